The molecule has 0 bridgehead atoms. The molecular weight excluding hydrogens is 927 g/mol. The van der Waals surface area contributed by atoms with E-state index in [1.165, 1.54) is 64.2 Å². The van der Waals surface area contributed by atoms with Gasteiger partial charge in [0, 0.05) is 51.2 Å². The molecule has 8 N–H and O–H groups in total. The van der Waals surface area contributed by atoms with E-state index in [4.69, 9.17) is 24.1 Å². The van der Waals surface area contributed by atoms with Gasteiger partial charge in [-0.25, -0.2) is 4.79 Å². The van der Waals surface area contributed by atoms with E-state index < -0.39 is 60.1 Å². The quantitative estimate of drug-likeness (QED) is 0.0313. The highest BCUT2D eigenvalue weighted by molar-refractivity contribution is 5.89. The number of carbonyl (C=O) groups excluding carboxylic acids is 6. The van der Waals surface area contributed by atoms with Crippen molar-refractivity contribution in [1.29, 1.82) is 0 Å². The van der Waals surface area contributed by atoms with E-state index in [9.17, 15) is 53.4 Å². The largest absolute Gasteiger partial charge is 0.481 e. The van der Waals surface area contributed by atoms with Crippen molar-refractivity contribution < 1.29 is 77.4 Å². The molecule has 1 fully saturated rings. The topological polar surface area (TPSA) is 311 Å². The number of carboxylic acids is 3. The maximum absolute atomic E-state index is 13.1. The molecule has 1 rings (SSSR count). The van der Waals surface area contributed by atoms with Gasteiger partial charge in [0.1, 0.15) is 31.6 Å². The highest BCUT2D eigenvalue weighted by Gasteiger charge is 2.30. The normalized spacial score (nSPS) is 15.2. The third-order valence-corrected chi connectivity index (χ3v) is 12.2. The minimum Gasteiger partial charge on any atom is -0.481 e. The number of ether oxygens (including phenoxy) is 4. The van der Waals surface area contributed by atoms with Crippen molar-refractivity contribution in [2.24, 2.45) is 11.8 Å². The lowest BCUT2D eigenvalue weighted by atomic mass is 9.81. The number of aldehydes is 1. The minimum atomic E-state index is -1.36. The molecule has 1 aliphatic carbocycles. The van der Waals surface area contributed by atoms with Crippen molar-refractivity contribution in [2.45, 2.75) is 179 Å². The number of amides is 5. The average Bonchev–Trinajstić information content (AvgIpc) is 3.34. The Kier molecular flexibility index (Phi) is 39.8. The van der Waals surface area contributed by atoms with E-state index in [0.29, 0.717) is 44.9 Å². The lowest BCUT2D eigenvalue weighted by Crippen LogP contribution is -2.48. The van der Waals surface area contributed by atoms with Gasteiger partial charge in [0.25, 0.3) is 0 Å². The first-order valence-electron chi connectivity index (χ1n) is 26.1. The second-order valence-corrected chi connectivity index (χ2v) is 18.2. The van der Waals surface area contributed by atoms with Gasteiger partial charge in [-0.2, -0.15) is 0 Å². The Morgan fingerprint density at radius 1 is 0.479 bits per heavy atom. The molecule has 0 heterocycles. The Morgan fingerprint density at radius 3 is 1.51 bits per heavy atom. The van der Waals surface area contributed by atoms with Gasteiger partial charge in [0.2, 0.25) is 29.5 Å². The van der Waals surface area contributed by atoms with Gasteiger partial charge in [-0.05, 0) is 57.3 Å². The van der Waals surface area contributed by atoms with Crippen LogP contribution in [0.1, 0.15) is 167 Å². The standard InChI is InChI=1S/C50H87N5O16/c56-29-32-70-34-33-68-30-27-51-45(59)38-71-36-35-69-31-28-52-49(65)41(24-26-47(62)63)54-44(58)25-23-42(50(66)67)55-48(64)40-21-19-39(20-22-40)37-53-43(57)17-15-13-11-9-7-5-3-1-2-4-6-8-10-12-14-16-18-46(60)61/h29,39-42H,1-28,30-38H2,(H,51,59)(H,52,65)(H,53,57)(H,54,58)(H,55,64)(H,60,61)(H,62,63)(H,66,67)/t39?,40?,41-,42-/m0/s1. The Labute approximate surface area is 420 Å². The second kappa shape index (κ2) is 44.0. The zero-order valence-corrected chi connectivity index (χ0v) is 42.2. The first-order chi connectivity index (χ1) is 34.3. The number of rotatable bonds is 48. The number of aliphatic carboxylic acids is 3. The fraction of sp³-hybridized carbons (Fsp3) is 0.820. The van der Waals surface area contributed by atoms with E-state index in [-0.39, 0.29) is 109 Å². The van der Waals surface area contributed by atoms with Gasteiger partial charge in [-0.15, -0.1) is 0 Å². The van der Waals surface area contributed by atoms with Gasteiger partial charge in [-0.1, -0.05) is 89.9 Å². The van der Waals surface area contributed by atoms with Crippen LogP contribution in [-0.4, -0.2) is 154 Å². The molecule has 0 aromatic carbocycles. The summed E-state index contributed by atoms with van der Waals surface area (Å²) in [5.41, 5.74) is 0. The molecule has 0 aliphatic heterocycles. The summed E-state index contributed by atoms with van der Waals surface area (Å²) in [6.45, 7) is 1.70. The van der Waals surface area contributed by atoms with Crippen LogP contribution >= 0.6 is 0 Å². The summed E-state index contributed by atoms with van der Waals surface area (Å²) in [6, 6.07) is -2.57. The summed E-state index contributed by atoms with van der Waals surface area (Å²) < 4.78 is 20.8. The van der Waals surface area contributed by atoms with Gasteiger partial charge in [0.15, 0.2) is 0 Å². The van der Waals surface area contributed by atoms with Gasteiger partial charge < -0.3 is 65.6 Å². The van der Waals surface area contributed by atoms with Gasteiger partial charge in [0.05, 0.1) is 39.6 Å². The highest BCUT2D eigenvalue weighted by atomic mass is 16.5. The molecule has 0 saturated heterocycles. The van der Waals surface area contributed by atoms with Crippen molar-refractivity contribution in [2.75, 3.05) is 72.5 Å². The van der Waals surface area contributed by atoms with Crippen molar-refractivity contribution in [3.63, 3.8) is 0 Å². The summed E-state index contributed by atoms with van der Waals surface area (Å²) in [5.74, 6) is -5.47. The van der Waals surface area contributed by atoms with Crippen molar-refractivity contribution in [1.82, 2.24) is 26.6 Å². The number of hydrogen-bond donors (Lipinski definition) is 8. The second-order valence-electron chi connectivity index (χ2n) is 18.2. The average molecular weight is 1010 g/mol. The first kappa shape index (κ1) is 64.3. The molecule has 1 saturated carbocycles. The molecule has 71 heavy (non-hydrogen) atoms. The van der Waals surface area contributed by atoms with Crippen LogP contribution in [0.4, 0.5) is 0 Å². The van der Waals surface area contributed by atoms with Crippen LogP contribution in [-0.2, 0) is 62.1 Å². The predicted octanol–water partition coefficient (Wildman–Crippen LogP) is 4.21. The molecule has 1 aliphatic rings. The smallest absolute Gasteiger partial charge is 0.326 e. The van der Waals surface area contributed by atoms with Crippen LogP contribution in [0.15, 0.2) is 0 Å². The van der Waals surface area contributed by atoms with Crippen molar-refractivity contribution in [3.8, 4) is 0 Å². The van der Waals surface area contributed by atoms with Crippen molar-refractivity contribution >= 4 is 53.7 Å². The Bertz CT molecular complexity index is 1510. The van der Waals surface area contributed by atoms with E-state index in [1.54, 1.807) is 0 Å². The van der Waals surface area contributed by atoms with E-state index in [0.717, 1.165) is 38.5 Å². The van der Waals surface area contributed by atoms with Gasteiger partial charge >= 0.3 is 17.9 Å². The Hall–Kier alpha value is -4.73. The fourth-order valence-corrected chi connectivity index (χ4v) is 8.06. The maximum Gasteiger partial charge on any atom is 0.326 e. The van der Waals surface area contributed by atoms with Crippen LogP contribution in [0, 0.1) is 11.8 Å². The molecule has 0 aromatic heterocycles. The molecule has 0 unspecified atom stereocenters. The number of hydrogen-bond acceptors (Lipinski definition) is 13. The summed E-state index contributed by atoms with van der Waals surface area (Å²) in [7, 11) is 0. The number of nitrogens with one attached hydrogen (secondary N) is 5. The van der Waals surface area contributed by atoms with Crippen molar-refractivity contribution in [3.05, 3.63) is 0 Å². The maximum atomic E-state index is 13.1. The number of carbonyl (C=O) groups is 9. The minimum absolute atomic E-state index is 0.00102. The molecular formula is C50H87N5O16. The highest BCUT2D eigenvalue weighted by Crippen LogP contribution is 2.29. The molecule has 5 amide bonds. The zero-order valence-electron chi connectivity index (χ0n) is 42.2. The van der Waals surface area contributed by atoms with Crippen LogP contribution in [0.2, 0.25) is 0 Å². The zero-order chi connectivity index (χ0) is 52.2. The van der Waals surface area contributed by atoms with E-state index in [2.05, 4.69) is 26.6 Å². The number of unbranched alkanes of at least 4 members (excludes halogenated alkanes) is 15. The molecule has 0 spiro atoms. The van der Waals surface area contributed by atoms with E-state index in [1.807, 2.05) is 0 Å². The molecule has 0 radical (unpaired) electrons. The Morgan fingerprint density at radius 2 is 0.972 bits per heavy atom. The van der Waals surface area contributed by atoms with E-state index >= 15 is 0 Å². The summed E-state index contributed by atoms with van der Waals surface area (Å²) in [4.78, 5) is 107. The Balaban J connectivity index is 2.21. The molecule has 2 atom stereocenters. The summed E-state index contributed by atoms with van der Waals surface area (Å²) in [6.07, 6.45) is 21.1. The molecule has 21 heteroatoms. The molecule has 0 aromatic rings. The lowest BCUT2D eigenvalue weighted by Gasteiger charge is -2.28. The molecule has 408 valence electrons. The van der Waals surface area contributed by atoms with Crippen LogP contribution in [0.5, 0.6) is 0 Å². The molecule has 21 nitrogen and oxygen atoms in total. The van der Waals surface area contributed by atoms with Crippen LogP contribution < -0.4 is 26.6 Å². The van der Waals surface area contributed by atoms with Crippen LogP contribution in [0.3, 0.4) is 0 Å². The summed E-state index contributed by atoms with van der Waals surface area (Å²) in [5, 5.41) is 40.9. The lowest BCUT2D eigenvalue weighted by molar-refractivity contribution is -0.143. The summed E-state index contributed by atoms with van der Waals surface area (Å²) >= 11 is 0. The SMILES string of the molecule is O=CCOCCOCCNC(=O)COCCOCCNC(=O)[C@H](CCC(=O)O)NC(=O)CC[C@H](NC(=O)C1CCC(CNC(=O)CCCCCCCCCCCCCCCCCCC(=O)O)CC1)C(=O)O. The third kappa shape index (κ3) is 38.6. The third-order valence-electron chi connectivity index (χ3n) is 12.2. The van der Waals surface area contributed by atoms with Crippen LogP contribution in [0.25, 0.3) is 0 Å². The van der Waals surface area contributed by atoms with Gasteiger partial charge in [-0.3, -0.25) is 33.6 Å². The monoisotopic (exact) mass is 1010 g/mol. The fourth-order valence-electron chi connectivity index (χ4n) is 8.06. The number of carboxylic acid groups (broad SMARTS) is 3. The predicted molar refractivity (Wildman–Crippen MR) is 262 cm³/mol. The first-order valence-corrected chi connectivity index (χ1v) is 26.1.